The number of hydrogen-bond acceptors (Lipinski definition) is 4. The van der Waals surface area contributed by atoms with Crippen LogP contribution in [0.4, 0.5) is 0 Å². The third kappa shape index (κ3) is 6.75. The molecule has 0 unspecified atom stereocenters. The highest BCUT2D eigenvalue weighted by Gasteiger charge is 2.03. The second kappa shape index (κ2) is 8.16. The lowest BCUT2D eigenvalue weighted by Crippen LogP contribution is -2.20. The van der Waals surface area contributed by atoms with Gasteiger partial charge < -0.3 is 20.5 Å². The first-order valence-electron chi connectivity index (χ1n) is 6.38. The highest BCUT2D eigenvalue weighted by atomic mass is 16.5. The molecule has 110 valence electrons. The molecule has 0 aliphatic heterocycles. The molecule has 0 spiro atoms. The maximum absolute atomic E-state index is 10.6. The first-order chi connectivity index (χ1) is 9.47. The third-order valence-electron chi connectivity index (χ3n) is 2.69. The number of rotatable bonds is 9. The van der Waals surface area contributed by atoms with Gasteiger partial charge in [-0.25, -0.2) is 0 Å². The minimum Gasteiger partial charge on any atom is -0.484 e. The largest absolute Gasteiger partial charge is 0.484 e. The first-order valence-corrected chi connectivity index (χ1v) is 6.38. The minimum atomic E-state index is -0.769. The van der Waals surface area contributed by atoms with Crippen molar-refractivity contribution in [3.05, 3.63) is 29.8 Å². The summed E-state index contributed by atoms with van der Waals surface area (Å²) < 4.78 is 5.17. The fourth-order valence-electron chi connectivity index (χ4n) is 1.74. The monoisotopic (exact) mass is 280 g/mol. The van der Waals surface area contributed by atoms with Gasteiger partial charge in [0.2, 0.25) is 0 Å². The van der Waals surface area contributed by atoms with Crippen molar-refractivity contribution in [1.82, 2.24) is 4.90 Å². The number of nitrogens with zero attached hydrogens (tertiary/aromatic N) is 1. The van der Waals surface area contributed by atoms with E-state index in [0.29, 0.717) is 12.2 Å². The number of carbonyl (C=O) groups is 2. The van der Waals surface area contributed by atoms with Crippen LogP contribution in [0.25, 0.3) is 0 Å². The lowest BCUT2D eigenvalue weighted by Gasteiger charge is -2.16. The molecule has 1 amide bonds. The molecule has 0 fully saturated rings. The molecular weight excluding hydrogens is 260 g/mol. The van der Waals surface area contributed by atoms with Crippen LogP contribution in [-0.4, -0.2) is 42.1 Å². The molecule has 1 aromatic rings. The molecule has 0 radical (unpaired) electrons. The predicted molar refractivity (Wildman–Crippen MR) is 74.3 cm³/mol. The van der Waals surface area contributed by atoms with E-state index >= 15 is 0 Å². The fourth-order valence-corrected chi connectivity index (χ4v) is 1.74. The van der Waals surface area contributed by atoms with Crippen molar-refractivity contribution in [2.75, 3.05) is 20.2 Å². The Hall–Kier alpha value is -2.08. The van der Waals surface area contributed by atoms with Crippen molar-refractivity contribution in [3.63, 3.8) is 0 Å². The van der Waals surface area contributed by atoms with Crippen LogP contribution in [0.1, 0.15) is 18.4 Å². The van der Waals surface area contributed by atoms with Gasteiger partial charge in [-0.15, -0.1) is 0 Å². The van der Waals surface area contributed by atoms with Crippen LogP contribution < -0.4 is 10.5 Å². The van der Waals surface area contributed by atoms with Gasteiger partial charge in [-0.3, -0.25) is 9.59 Å². The van der Waals surface area contributed by atoms with Gasteiger partial charge in [-0.05, 0) is 37.7 Å². The Kier molecular flexibility index (Phi) is 6.52. The quantitative estimate of drug-likeness (QED) is 0.699. The van der Waals surface area contributed by atoms with Crippen LogP contribution in [0, 0.1) is 0 Å². The number of primary amides is 1. The summed E-state index contributed by atoms with van der Waals surface area (Å²) in [7, 11) is 1.94. The van der Waals surface area contributed by atoms with E-state index < -0.39 is 11.9 Å². The summed E-state index contributed by atoms with van der Waals surface area (Å²) in [4.78, 5) is 23.1. The Morgan fingerprint density at radius 1 is 1.30 bits per heavy atom. The van der Waals surface area contributed by atoms with E-state index in [1.807, 2.05) is 19.2 Å². The molecule has 1 rings (SSSR count). The minimum absolute atomic E-state index is 0.131. The molecule has 6 heteroatoms. The zero-order valence-corrected chi connectivity index (χ0v) is 11.5. The van der Waals surface area contributed by atoms with E-state index in [0.717, 1.165) is 18.7 Å². The van der Waals surface area contributed by atoms with Crippen molar-refractivity contribution in [2.45, 2.75) is 19.4 Å². The Labute approximate surface area is 118 Å². The highest BCUT2D eigenvalue weighted by molar-refractivity contribution is 5.75. The summed E-state index contributed by atoms with van der Waals surface area (Å²) in [6, 6.07) is 7.38. The Balaban J connectivity index is 2.36. The summed E-state index contributed by atoms with van der Waals surface area (Å²) in [5.74, 6) is -0.678. The van der Waals surface area contributed by atoms with Gasteiger partial charge in [0.05, 0.1) is 0 Å². The zero-order valence-electron chi connectivity index (χ0n) is 11.5. The fraction of sp³-hybridized carbons (Fsp3) is 0.429. The molecule has 3 N–H and O–H groups in total. The van der Waals surface area contributed by atoms with E-state index in [1.165, 1.54) is 0 Å². The number of carboxylic acid groups (broad SMARTS) is 1. The Morgan fingerprint density at radius 3 is 2.50 bits per heavy atom. The smallest absolute Gasteiger partial charge is 0.303 e. The normalized spacial score (nSPS) is 10.5. The van der Waals surface area contributed by atoms with Crippen LogP contribution in [-0.2, 0) is 16.1 Å². The molecule has 0 saturated heterocycles. The number of ether oxygens (including phenoxy) is 1. The first kappa shape index (κ1) is 16.0. The molecule has 1 aromatic carbocycles. The van der Waals surface area contributed by atoms with Gasteiger partial charge in [-0.1, -0.05) is 12.1 Å². The standard InChI is InChI=1S/C14H20N2O4/c1-16(8-2-3-14(18)19)9-11-4-6-12(7-5-11)20-10-13(15)17/h4-7H,2-3,8-10H2,1H3,(H2,15,17)(H,18,19). The second-order valence-corrected chi connectivity index (χ2v) is 4.63. The maximum Gasteiger partial charge on any atom is 0.303 e. The summed E-state index contributed by atoms with van der Waals surface area (Å²) >= 11 is 0. The Bertz CT molecular complexity index is 445. The highest BCUT2D eigenvalue weighted by Crippen LogP contribution is 2.13. The second-order valence-electron chi connectivity index (χ2n) is 4.63. The van der Waals surface area contributed by atoms with Crippen LogP contribution in [0.2, 0.25) is 0 Å². The number of hydrogen-bond donors (Lipinski definition) is 2. The predicted octanol–water partition coefficient (Wildman–Crippen LogP) is 0.847. The summed E-state index contributed by atoms with van der Waals surface area (Å²) in [6.07, 6.45) is 0.815. The number of nitrogens with two attached hydrogens (primary N) is 1. The SMILES string of the molecule is CN(CCCC(=O)O)Cc1ccc(OCC(N)=O)cc1. The van der Waals surface area contributed by atoms with Gasteiger partial charge >= 0.3 is 5.97 Å². The van der Waals surface area contributed by atoms with Crippen LogP contribution in [0.15, 0.2) is 24.3 Å². The molecule has 0 aliphatic carbocycles. The maximum atomic E-state index is 10.6. The van der Waals surface area contributed by atoms with Gasteiger partial charge in [0.1, 0.15) is 5.75 Å². The summed E-state index contributed by atoms with van der Waals surface area (Å²) in [6.45, 7) is 1.33. The van der Waals surface area contributed by atoms with Gasteiger partial charge in [-0.2, -0.15) is 0 Å². The van der Waals surface area contributed by atoms with E-state index in [-0.39, 0.29) is 13.0 Å². The van der Waals surface area contributed by atoms with Crippen molar-refractivity contribution < 1.29 is 19.4 Å². The molecule has 0 saturated carbocycles. The van der Waals surface area contributed by atoms with E-state index in [9.17, 15) is 9.59 Å². The van der Waals surface area contributed by atoms with Gasteiger partial charge in [0.15, 0.2) is 6.61 Å². The number of carbonyl (C=O) groups excluding carboxylic acids is 1. The van der Waals surface area contributed by atoms with Gasteiger partial charge in [0, 0.05) is 13.0 Å². The van der Waals surface area contributed by atoms with Crippen molar-refractivity contribution in [1.29, 1.82) is 0 Å². The van der Waals surface area contributed by atoms with Crippen LogP contribution in [0.3, 0.4) is 0 Å². The van der Waals surface area contributed by atoms with Crippen molar-refractivity contribution in [3.8, 4) is 5.75 Å². The molecule has 0 aromatic heterocycles. The number of carboxylic acids is 1. The van der Waals surface area contributed by atoms with E-state index in [2.05, 4.69) is 4.90 Å². The topological polar surface area (TPSA) is 92.9 Å². The molecule has 0 heterocycles. The van der Waals surface area contributed by atoms with Crippen molar-refractivity contribution >= 4 is 11.9 Å². The summed E-state index contributed by atoms with van der Waals surface area (Å²) in [5.41, 5.74) is 6.08. The molecule has 0 aliphatic rings. The van der Waals surface area contributed by atoms with Crippen molar-refractivity contribution in [2.24, 2.45) is 5.73 Å². The van der Waals surface area contributed by atoms with Crippen LogP contribution in [0.5, 0.6) is 5.75 Å². The lowest BCUT2D eigenvalue weighted by atomic mass is 10.2. The lowest BCUT2D eigenvalue weighted by molar-refractivity contribution is -0.137. The zero-order chi connectivity index (χ0) is 15.0. The van der Waals surface area contributed by atoms with E-state index in [4.69, 9.17) is 15.6 Å². The Morgan fingerprint density at radius 2 is 1.95 bits per heavy atom. The number of aliphatic carboxylic acids is 1. The van der Waals surface area contributed by atoms with Gasteiger partial charge in [0.25, 0.3) is 5.91 Å². The van der Waals surface area contributed by atoms with E-state index in [1.54, 1.807) is 12.1 Å². The number of amides is 1. The molecule has 0 bridgehead atoms. The average Bonchev–Trinajstić information content (AvgIpc) is 2.37. The molecular formula is C14H20N2O4. The molecule has 6 nitrogen and oxygen atoms in total. The summed E-state index contributed by atoms with van der Waals surface area (Å²) in [5, 5.41) is 8.57. The average molecular weight is 280 g/mol. The molecule has 20 heavy (non-hydrogen) atoms. The third-order valence-corrected chi connectivity index (χ3v) is 2.69. The van der Waals surface area contributed by atoms with Crippen LogP contribution >= 0.6 is 0 Å². The molecule has 0 atom stereocenters. The number of benzene rings is 1.